The molecule has 0 saturated carbocycles. The second kappa shape index (κ2) is 21.2. The molecule has 0 aromatic rings. The first-order chi connectivity index (χ1) is 13.0. The van der Waals surface area contributed by atoms with Crippen LogP contribution in [0, 0.1) is 0 Å². The van der Waals surface area contributed by atoms with Gasteiger partial charge in [-0.05, 0) is 32.1 Å². The van der Waals surface area contributed by atoms with Crippen molar-refractivity contribution in [2.45, 2.75) is 103 Å². The molecule has 6 nitrogen and oxygen atoms in total. The van der Waals surface area contributed by atoms with Crippen LogP contribution in [0.25, 0.3) is 0 Å². The lowest BCUT2D eigenvalue weighted by atomic mass is 10.1. The molecule has 1 unspecified atom stereocenters. The van der Waals surface area contributed by atoms with E-state index in [9.17, 15) is 8.42 Å². The summed E-state index contributed by atoms with van der Waals surface area (Å²) in [4.78, 5) is 0. The molecular weight excluding hydrogens is 378 g/mol. The summed E-state index contributed by atoms with van der Waals surface area (Å²) in [6, 6.07) is 0. The van der Waals surface area contributed by atoms with Gasteiger partial charge in [-0.15, -0.1) is 0 Å². The van der Waals surface area contributed by atoms with Crippen LogP contribution in [0.3, 0.4) is 0 Å². The lowest BCUT2D eigenvalue weighted by molar-refractivity contribution is 0.109. The molecule has 0 aliphatic heterocycles. The van der Waals surface area contributed by atoms with E-state index in [-0.39, 0.29) is 12.8 Å². The van der Waals surface area contributed by atoms with Gasteiger partial charge in [-0.1, -0.05) is 76.9 Å². The lowest BCUT2D eigenvalue weighted by Crippen LogP contribution is -2.25. The number of rotatable bonds is 20. The second-order valence-corrected chi connectivity index (χ2v) is 9.00. The fraction of sp³-hybridized carbons (Fsp3) is 0.905. The molecule has 0 saturated heterocycles. The van der Waals surface area contributed by atoms with Gasteiger partial charge < -0.3 is 16.4 Å². The van der Waals surface area contributed by atoms with Gasteiger partial charge in [0.25, 0.3) is 10.1 Å². The van der Waals surface area contributed by atoms with E-state index < -0.39 is 28.6 Å². The first kappa shape index (κ1) is 29.7. The molecule has 170 valence electrons. The van der Waals surface area contributed by atoms with E-state index in [1.807, 2.05) is 0 Å². The Balaban J connectivity index is 0. The second-order valence-electron chi connectivity index (χ2n) is 7.32. The summed E-state index contributed by atoms with van der Waals surface area (Å²) in [5.74, 6) is -0.546. The van der Waals surface area contributed by atoms with Crippen LogP contribution in [0.2, 0.25) is 0 Å². The summed E-state index contributed by atoms with van der Waals surface area (Å²) in [6.07, 6.45) is 20.2. The average molecular weight is 424 g/mol. The van der Waals surface area contributed by atoms with E-state index in [4.69, 9.17) is 14.4 Å². The van der Waals surface area contributed by atoms with Gasteiger partial charge in [0.05, 0.1) is 19.3 Å². The Bertz CT molecular complexity index is 440. The molecule has 0 aromatic heterocycles. The molecule has 0 bridgehead atoms. The zero-order valence-electron chi connectivity index (χ0n) is 18.0. The predicted molar refractivity (Wildman–Crippen MR) is 117 cm³/mol. The summed E-state index contributed by atoms with van der Waals surface area (Å²) in [5.41, 5.74) is 0. The third-order valence-electron chi connectivity index (χ3n) is 4.53. The topological polar surface area (TPSA) is 119 Å². The summed E-state index contributed by atoms with van der Waals surface area (Å²) in [5, 5.41) is 17.8. The lowest BCUT2D eigenvalue weighted by Gasteiger charge is -2.08. The van der Waals surface area contributed by atoms with Crippen LogP contribution in [-0.2, 0) is 14.3 Å². The molecular formula is C21H45NO5S. The van der Waals surface area contributed by atoms with E-state index in [0.717, 1.165) is 19.3 Å². The van der Waals surface area contributed by atoms with Crippen LogP contribution >= 0.6 is 0 Å². The number of aliphatic hydroxyl groups excluding tert-OH is 2. The average Bonchev–Trinajstić information content (AvgIpc) is 2.63. The van der Waals surface area contributed by atoms with Crippen molar-refractivity contribution >= 4 is 10.1 Å². The number of aliphatic hydroxyl groups is 2. The molecule has 7 heteroatoms. The van der Waals surface area contributed by atoms with Crippen LogP contribution in [0.5, 0.6) is 0 Å². The highest BCUT2D eigenvalue weighted by Gasteiger charge is 2.16. The Morgan fingerprint density at radius 3 is 1.79 bits per heavy atom. The quantitative estimate of drug-likeness (QED) is 0.146. The van der Waals surface area contributed by atoms with E-state index in [0.29, 0.717) is 6.42 Å². The Kier molecular flexibility index (Phi) is 22.6. The van der Waals surface area contributed by atoms with Crippen molar-refractivity contribution in [3.8, 4) is 0 Å². The molecule has 1 atom stereocenters. The molecule has 0 aliphatic rings. The fourth-order valence-electron chi connectivity index (χ4n) is 2.87. The molecule has 0 fully saturated rings. The van der Waals surface area contributed by atoms with Crippen molar-refractivity contribution in [1.29, 1.82) is 0 Å². The number of unbranched alkanes of at least 4 members (excludes halogenated alkanes) is 12. The molecule has 0 radical (unpaired) electrons. The Labute approximate surface area is 173 Å². The highest BCUT2D eigenvalue weighted by Crippen LogP contribution is 2.10. The zero-order valence-corrected chi connectivity index (χ0v) is 18.8. The van der Waals surface area contributed by atoms with Gasteiger partial charge in [0.2, 0.25) is 0 Å². The maximum Gasteiger partial charge on any atom is 0.269 e. The standard InChI is InChI=1S/C21H42O5S.H3N/c1-2-3-4-5-6-7-8-9-10-11-12-13-14-15-16-17-18-26-27(24,25)20-21(23)19-22;/h9-10,21-23H,2-8,11-20H2,1H3;1H3. The molecule has 0 rings (SSSR count). The summed E-state index contributed by atoms with van der Waals surface area (Å²) in [6.45, 7) is 1.83. The van der Waals surface area contributed by atoms with E-state index >= 15 is 0 Å². The van der Waals surface area contributed by atoms with Crippen molar-refractivity contribution in [3.05, 3.63) is 12.2 Å². The van der Waals surface area contributed by atoms with Crippen molar-refractivity contribution in [2.75, 3.05) is 19.0 Å². The van der Waals surface area contributed by atoms with Crippen molar-refractivity contribution in [3.63, 3.8) is 0 Å². The highest BCUT2D eigenvalue weighted by atomic mass is 32.2. The normalized spacial score (nSPS) is 13.0. The Morgan fingerprint density at radius 1 is 0.821 bits per heavy atom. The van der Waals surface area contributed by atoms with E-state index in [2.05, 4.69) is 19.1 Å². The minimum absolute atomic E-state index is 0. The molecule has 0 aliphatic carbocycles. The van der Waals surface area contributed by atoms with Crippen LogP contribution in [-0.4, -0.2) is 43.7 Å². The highest BCUT2D eigenvalue weighted by molar-refractivity contribution is 7.86. The summed E-state index contributed by atoms with van der Waals surface area (Å²) < 4.78 is 27.7. The van der Waals surface area contributed by atoms with Crippen molar-refractivity contribution < 1.29 is 22.8 Å². The first-order valence-electron chi connectivity index (χ1n) is 10.8. The minimum atomic E-state index is -3.73. The van der Waals surface area contributed by atoms with Crippen LogP contribution in [0.1, 0.15) is 96.8 Å². The maximum atomic E-state index is 11.5. The van der Waals surface area contributed by atoms with Crippen molar-refractivity contribution in [2.24, 2.45) is 0 Å². The number of hydrogen-bond acceptors (Lipinski definition) is 6. The predicted octanol–water partition coefficient (Wildman–Crippen LogP) is 4.89. The zero-order chi connectivity index (χ0) is 20.2. The van der Waals surface area contributed by atoms with Crippen LogP contribution < -0.4 is 6.15 Å². The molecule has 0 heterocycles. The van der Waals surface area contributed by atoms with Gasteiger partial charge >= 0.3 is 0 Å². The van der Waals surface area contributed by atoms with Gasteiger partial charge in [0.1, 0.15) is 5.75 Å². The summed E-state index contributed by atoms with van der Waals surface area (Å²) in [7, 11) is -3.73. The van der Waals surface area contributed by atoms with E-state index in [1.54, 1.807) is 0 Å². The molecule has 5 N–H and O–H groups in total. The molecule has 0 spiro atoms. The van der Waals surface area contributed by atoms with Gasteiger partial charge in [-0.25, -0.2) is 0 Å². The van der Waals surface area contributed by atoms with Gasteiger partial charge in [-0.2, -0.15) is 8.42 Å². The minimum Gasteiger partial charge on any atom is -0.394 e. The van der Waals surface area contributed by atoms with Crippen LogP contribution in [0.15, 0.2) is 12.2 Å². The Hall–Kier alpha value is -0.470. The number of allylic oxidation sites excluding steroid dienone is 2. The maximum absolute atomic E-state index is 11.5. The molecule has 0 amide bonds. The van der Waals surface area contributed by atoms with Gasteiger partial charge in [0, 0.05) is 0 Å². The fourth-order valence-corrected chi connectivity index (χ4v) is 3.92. The largest absolute Gasteiger partial charge is 0.394 e. The van der Waals surface area contributed by atoms with Crippen molar-refractivity contribution in [1.82, 2.24) is 6.15 Å². The van der Waals surface area contributed by atoms with E-state index in [1.165, 1.54) is 64.2 Å². The smallest absolute Gasteiger partial charge is 0.269 e. The monoisotopic (exact) mass is 423 g/mol. The molecule has 0 aromatic carbocycles. The van der Waals surface area contributed by atoms with Gasteiger partial charge in [-0.3, -0.25) is 4.18 Å². The Morgan fingerprint density at radius 2 is 1.29 bits per heavy atom. The van der Waals surface area contributed by atoms with Crippen LogP contribution in [0.4, 0.5) is 0 Å². The third-order valence-corrected chi connectivity index (χ3v) is 5.85. The SMILES string of the molecule is CCCCCCCCC=CCCCCCCCCOS(=O)(=O)CC(O)CO.N. The summed E-state index contributed by atoms with van der Waals surface area (Å²) >= 11 is 0. The third kappa shape index (κ3) is 21.8. The van der Waals surface area contributed by atoms with Gasteiger partial charge in [0.15, 0.2) is 0 Å². The number of hydrogen-bond donors (Lipinski definition) is 3. The molecule has 28 heavy (non-hydrogen) atoms. The first-order valence-corrected chi connectivity index (χ1v) is 12.4.